The molecule has 1 saturated carbocycles. The summed E-state index contributed by atoms with van der Waals surface area (Å²) in [5, 5.41) is 2.80. The second-order valence-corrected chi connectivity index (χ2v) is 4.28. The number of imide groups is 1. The summed E-state index contributed by atoms with van der Waals surface area (Å²) in [6.07, 6.45) is 6.10. The predicted octanol–water partition coefficient (Wildman–Crippen LogP) is 0.693. The molecular formula is C11H21N3O2. The second-order valence-electron chi connectivity index (χ2n) is 4.28. The van der Waals surface area contributed by atoms with Gasteiger partial charge in [-0.1, -0.05) is 12.8 Å². The van der Waals surface area contributed by atoms with E-state index < -0.39 is 0 Å². The van der Waals surface area contributed by atoms with Crippen LogP contribution in [0.5, 0.6) is 0 Å². The second kappa shape index (κ2) is 7.22. The summed E-state index contributed by atoms with van der Waals surface area (Å²) < 4.78 is 0. The maximum Gasteiger partial charge on any atom is 0.323 e. The van der Waals surface area contributed by atoms with Gasteiger partial charge < -0.3 is 11.1 Å². The van der Waals surface area contributed by atoms with Crippen molar-refractivity contribution in [2.75, 3.05) is 19.6 Å². The van der Waals surface area contributed by atoms with Crippen LogP contribution in [0.3, 0.4) is 0 Å². The van der Waals surface area contributed by atoms with Crippen LogP contribution in [0.25, 0.3) is 0 Å². The van der Waals surface area contributed by atoms with Gasteiger partial charge in [-0.2, -0.15) is 0 Å². The Balaban J connectivity index is 2.22. The van der Waals surface area contributed by atoms with E-state index >= 15 is 0 Å². The zero-order valence-electron chi connectivity index (χ0n) is 9.65. The lowest BCUT2D eigenvalue weighted by atomic mass is 10.1. The lowest BCUT2D eigenvalue weighted by Crippen LogP contribution is -2.41. The molecule has 5 nitrogen and oxygen atoms in total. The highest BCUT2D eigenvalue weighted by Gasteiger charge is 2.17. The summed E-state index contributed by atoms with van der Waals surface area (Å²) in [5.41, 5.74) is 5.33. The lowest BCUT2D eigenvalue weighted by molar-refractivity contribution is -0.115. The normalized spacial score (nSPS) is 16.1. The molecule has 0 aromatic carbocycles. The SMILES string of the molecule is NCCCN(C=O)C(=O)NCC1CCCC1. The van der Waals surface area contributed by atoms with Crippen LogP contribution in [0.1, 0.15) is 32.1 Å². The minimum atomic E-state index is -0.296. The zero-order valence-corrected chi connectivity index (χ0v) is 9.65. The first kappa shape index (κ1) is 13.0. The van der Waals surface area contributed by atoms with Crippen molar-refractivity contribution >= 4 is 12.4 Å². The van der Waals surface area contributed by atoms with Crippen LogP contribution in [0.15, 0.2) is 0 Å². The van der Waals surface area contributed by atoms with Crippen LogP contribution < -0.4 is 11.1 Å². The summed E-state index contributed by atoms with van der Waals surface area (Å²) in [5.74, 6) is 0.590. The van der Waals surface area contributed by atoms with E-state index in [4.69, 9.17) is 5.73 Å². The van der Waals surface area contributed by atoms with Crippen molar-refractivity contribution in [1.29, 1.82) is 0 Å². The molecule has 1 aliphatic carbocycles. The number of rotatable bonds is 6. The summed E-state index contributed by atoms with van der Waals surface area (Å²) >= 11 is 0. The van der Waals surface area contributed by atoms with Crippen molar-refractivity contribution in [2.24, 2.45) is 11.7 Å². The molecule has 1 fully saturated rings. The summed E-state index contributed by atoms with van der Waals surface area (Å²) in [6.45, 7) is 1.57. The number of amides is 3. The van der Waals surface area contributed by atoms with Crippen molar-refractivity contribution in [3.05, 3.63) is 0 Å². The van der Waals surface area contributed by atoms with Gasteiger partial charge in [0.15, 0.2) is 0 Å². The van der Waals surface area contributed by atoms with Gasteiger partial charge in [-0.05, 0) is 31.7 Å². The molecule has 0 spiro atoms. The number of nitrogens with one attached hydrogen (secondary N) is 1. The Kier molecular flexibility index (Phi) is 5.85. The summed E-state index contributed by atoms with van der Waals surface area (Å²) in [6, 6.07) is -0.296. The van der Waals surface area contributed by atoms with Crippen molar-refractivity contribution in [1.82, 2.24) is 10.2 Å². The van der Waals surface area contributed by atoms with Gasteiger partial charge in [-0.3, -0.25) is 9.69 Å². The Hall–Kier alpha value is -1.10. The molecule has 5 heteroatoms. The fourth-order valence-electron chi connectivity index (χ4n) is 2.01. The predicted molar refractivity (Wildman–Crippen MR) is 61.8 cm³/mol. The topological polar surface area (TPSA) is 75.4 Å². The Labute approximate surface area is 96.4 Å². The Morgan fingerprint density at radius 3 is 2.69 bits per heavy atom. The van der Waals surface area contributed by atoms with Gasteiger partial charge in [0.2, 0.25) is 6.41 Å². The molecule has 16 heavy (non-hydrogen) atoms. The van der Waals surface area contributed by atoms with Crippen LogP contribution in [-0.4, -0.2) is 37.0 Å². The number of nitrogens with two attached hydrogens (primary N) is 1. The standard InChI is InChI=1S/C11H21N3O2/c12-6-3-7-14(9-15)11(16)13-8-10-4-1-2-5-10/h9-10H,1-8,12H2,(H,13,16). The average molecular weight is 227 g/mol. The van der Waals surface area contributed by atoms with Gasteiger partial charge in [-0.15, -0.1) is 0 Å². The molecule has 0 unspecified atom stereocenters. The monoisotopic (exact) mass is 227 g/mol. The molecule has 3 amide bonds. The number of hydrogen-bond acceptors (Lipinski definition) is 3. The zero-order chi connectivity index (χ0) is 11.8. The number of nitrogens with zero attached hydrogens (tertiary/aromatic N) is 1. The van der Waals surface area contributed by atoms with E-state index in [0.717, 1.165) is 4.90 Å². The molecule has 0 radical (unpaired) electrons. The molecule has 3 N–H and O–H groups in total. The molecule has 0 aromatic rings. The lowest BCUT2D eigenvalue weighted by Gasteiger charge is -2.17. The van der Waals surface area contributed by atoms with Crippen molar-refractivity contribution < 1.29 is 9.59 Å². The third-order valence-corrected chi connectivity index (χ3v) is 3.01. The number of carbonyl (C=O) groups is 2. The molecule has 0 heterocycles. The van der Waals surface area contributed by atoms with Gasteiger partial charge in [0.1, 0.15) is 0 Å². The molecule has 0 aliphatic heterocycles. The molecular weight excluding hydrogens is 206 g/mol. The third kappa shape index (κ3) is 4.18. The summed E-state index contributed by atoms with van der Waals surface area (Å²) in [4.78, 5) is 23.4. The number of urea groups is 1. The van der Waals surface area contributed by atoms with Crippen LogP contribution in [-0.2, 0) is 4.79 Å². The van der Waals surface area contributed by atoms with Gasteiger partial charge in [0.25, 0.3) is 0 Å². The van der Waals surface area contributed by atoms with E-state index in [-0.39, 0.29) is 6.03 Å². The van der Waals surface area contributed by atoms with Gasteiger partial charge in [-0.25, -0.2) is 4.79 Å². The first-order chi connectivity index (χ1) is 7.77. The minimum absolute atomic E-state index is 0.296. The number of carbonyl (C=O) groups excluding carboxylic acids is 2. The van der Waals surface area contributed by atoms with Crippen LogP contribution in [0.2, 0.25) is 0 Å². The molecule has 1 aliphatic rings. The van der Waals surface area contributed by atoms with Crippen LogP contribution in [0, 0.1) is 5.92 Å². The van der Waals surface area contributed by atoms with Gasteiger partial charge >= 0.3 is 6.03 Å². The fraction of sp³-hybridized carbons (Fsp3) is 0.818. The van der Waals surface area contributed by atoms with E-state index in [1.165, 1.54) is 25.7 Å². The van der Waals surface area contributed by atoms with Crippen LogP contribution in [0.4, 0.5) is 4.79 Å². The van der Waals surface area contributed by atoms with E-state index in [1.54, 1.807) is 0 Å². The van der Waals surface area contributed by atoms with E-state index in [2.05, 4.69) is 5.32 Å². The van der Waals surface area contributed by atoms with E-state index in [9.17, 15) is 9.59 Å². The van der Waals surface area contributed by atoms with E-state index in [0.29, 0.717) is 38.4 Å². The van der Waals surface area contributed by atoms with Gasteiger partial charge in [0.05, 0.1) is 0 Å². The molecule has 1 rings (SSSR count). The largest absolute Gasteiger partial charge is 0.337 e. The Bertz CT molecular complexity index is 227. The maximum absolute atomic E-state index is 11.6. The first-order valence-electron chi connectivity index (χ1n) is 5.97. The Morgan fingerprint density at radius 2 is 2.12 bits per heavy atom. The maximum atomic E-state index is 11.6. The number of hydrogen-bond donors (Lipinski definition) is 2. The molecule has 0 aromatic heterocycles. The molecule has 0 atom stereocenters. The third-order valence-electron chi connectivity index (χ3n) is 3.01. The smallest absolute Gasteiger partial charge is 0.323 e. The molecule has 92 valence electrons. The first-order valence-corrected chi connectivity index (χ1v) is 5.97. The van der Waals surface area contributed by atoms with Crippen molar-refractivity contribution in [2.45, 2.75) is 32.1 Å². The van der Waals surface area contributed by atoms with Crippen molar-refractivity contribution in [3.63, 3.8) is 0 Å². The molecule has 0 saturated heterocycles. The minimum Gasteiger partial charge on any atom is -0.337 e. The summed E-state index contributed by atoms with van der Waals surface area (Å²) in [7, 11) is 0. The Morgan fingerprint density at radius 1 is 1.44 bits per heavy atom. The van der Waals surface area contributed by atoms with Gasteiger partial charge in [0, 0.05) is 13.1 Å². The quantitative estimate of drug-likeness (QED) is 0.656. The van der Waals surface area contributed by atoms with Crippen molar-refractivity contribution in [3.8, 4) is 0 Å². The average Bonchev–Trinajstić information content (AvgIpc) is 2.80. The van der Waals surface area contributed by atoms with E-state index in [1.807, 2.05) is 0 Å². The highest BCUT2D eigenvalue weighted by Crippen LogP contribution is 2.23. The molecule has 0 bridgehead atoms. The highest BCUT2D eigenvalue weighted by molar-refractivity contribution is 5.84. The van der Waals surface area contributed by atoms with Crippen LogP contribution >= 0.6 is 0 Å². The fourth-order valence-corrected chi connectivity index (χ4v) is 2.01. The highest BCUT2D eigenvalue weighted by atomic mass is 16.2.